The second-order valence-corrected chi connectivity index (χ2v) is 9.45. The summed E-state index contributed by atoms with van der Waals surface area (Å²) in [5.74, 6) is 2.31. The van der Waals surface area contributed by atoms with Gasteiger partial charge in [0.15, 0.2) is 5.13 Å². The fourth-order valence-electron chi connectivity index (χ4n) is 3.39. The Kier molecular flexibility index (Phi) is 7.86. The molecule has 0 N–H and O–H groups in total. The number of thioether (sulfide) groups is 1. The second-order valence-electron chi connectivity index (χ2n) is 7.27. The molecular weight excluding hydrogens is 452 g/mol. The smallest absolute Gasteiger partial charge is 0.229 e. The lowest BCUT2D eigenvalue weighted by atomic mass is 10.2. The summed E-state index contributed by atoms with van der Waals surface area (Å²) in [7, 11) is 1.65. The second kappa shape index (κ2) is 11.2. The normalized spacial score (nSPS) is 10.8. The zero-order chi connectivity index (χ0) is 23.0. The molecular formula is C26H26N2O3S2. The number of benzene rings is 3. The molecule has 5 nitrogen and oxygen atoms in total. The Balaban J connectivity index is 1.53. The third-order valence-electron chi connectivity index (χ3n) is 5.03. The van der Waals surface area contributed by atoms with Crippen LogP contribution in [0.5, 0.6) is 11.5 Å². The highest BCUT2D eigenvalue weighted by Gasteiger charge is 2.21. The number of hydrogen-bond acceptors (Lipinski definition) is 6. The van der Waals surface area contributed by atoms with Gasteiger partial charge in [-0.25, -0.2) is 4.98 Å². The van der Waals surface area contributed by atoms with Gasteiger partial charge in [-0.15, -0.1) is 11.8 Å². The molecule has 0 fully saturated rings. The van der Waals surface area contributed by atoms with E-state index in [1.807, 2.05) is 79.7 Å². The first kappa shape index (κ1) is 23.1. The van der Waals surface area contributed by atoms with Crippen LogP contribution in [0.4, 0.5) is 5.13 Å². The van der Waals surface area contributed by atoms with Gasteiger partial charge in [0, 0.05) is 17.1 Å². The van der Waals surface area contributed by atoms with Crippen molar-refractivity contribution in [2.45, 2.75) is 24.8 Å². The fraction of sp³-hybridized carbons (Fsp3) is 0.231. The van der Waals surface area contributed by atoms with Gasteiger partial charge in [-0.2, -0.15) is 0 Å². The summed E-state index contributed by atoms with van der Waals surface area (Å²) in [6, 6.07) is 23.8. The number of hydrogen-bond donors (Lipinski definition) is 0. The van der Waals surface area contributed by atoms with Crippen molar-refractivity contribution >= 4 is 44.4 Å². The van der Waals surface area contributed by atoms with Crippen molar-refractivity contribution in [2.24, 2.45) is 0 Å². The Bertz CT molecular complexity index is 1190. The van der Waals surface area contributed by atoms with Gasteiger partial charge in [-0.05, 0) is 48.9 Å². The van der Waals surface area contributed by atoms with Crippen molar-refractivity contribution < 1.29 is 14.3 Å². The first-order chi connectivity index (χ1) is 16.2. The first-order valence-corrected chi connectivity index (χ1v) is 12.6. The lowest BCUT2D eigenvalue weighted by Crippen LogP contribution is -2.30. The van der Waals surface area contributed by atoms with Crippen LogP contribution in [0, 0.1) is 0 Å². The number of fused-ring (bicyclic) bond motifs is 1. The lowest BCUT2D eigenvalue weighted by Gasteiger charge is -2.20. The topological polar surface area (TPSA) is 51.7 Å². The standard InChI is InChI=1S/C26H26N2O3S2/c1-3-31-22-10-7-11-23-25(22)27-26(33-23)28(18-19-8-5-4-6-9-19)24(29)16-17-32-21-14-12-20(30-2)13-15-21/h4-15H,3,16-18H2,1-2H3. The van der Waals surface area contributed by atoms with Crippen molar-refractivity contribution in [1.82, 2.24) is 4.98 Å². The van der Waals surface area contributed by atoms with Crippen LogP contribution in [0.25, 0.3) is 10.2 Å². The number of methoxy groups -OCH3 is 1. The molecule has 0 saturated heterocycles. The minimum absolute atomic E-state index is 0.0527. The molecule has 0 atom stereocenters. The van der Waals surface area contributed by atoms with Gasteiger partial charge >= 0.3 is 0 Å². The van der Waals surface area contributed by atoms with Gasteiger partial charge in [-0.3, -0.25) is 9.69 Å². The molecule has 7 heteroatoms. The summed E-state index contributed by atoms with van der Waals surface area (Å²) in [5, 5.41) is 0.695. The molecule has 4 aromatic rings. The zero-order valence-corrected chi connectivity index (χ0v) is 20.3. The van der Waals surface area contributed by atoms with Crippen molar-refractivity contribution in [3.63, 3.8) is 0 Å². The van der Waals surface area contributed by atoms with Gasteiger partial charge in [0.2, 0.25) is 5.91 Å². The SMILES string of the molecule is CCOc1cccc2sc(N(Cc3ccccc3)C(=O)CCSc3ccc(OC)cc3)nc12. The van der Waals surface area contributed by atoms with E-state index >= 15 is 0 Å². The van der Waals surface area contributed by atoms with E-state index < -0.39 is 0 Å². The Morgan fingerprint density at radius 2 is 1.82 bits per heavy atom. The maximum atomic E-state index is 13.4. The molecule has 0 unspecified atom stereocenters. The number of para-hydroxylation sites is 1. The predicted octanol–water partition coefficient (Wildman–Crippen LogP) is 6.42. The average Bonchev–Trinajstić information content (AvgIpc) is 3.29. The van der Waals surface area contributed by atoms with Gasteiger partial charge < -0.3 is 9.47 Å². The van der Waals surface area contributed by atoms with E-state index in [2.05, 4.69) is 0 Å². The molecule has 4 rings (SSSR count). The van der Waals surface area contributed by atoms with E-state index in [1.165, 1.54) is 11.3 Å². The Morgan fingerprint density at radius 3 is 2.55 bits per heavy atom. The molecule has 1 amide bonds. The Hall–Kier alpha value is -3.03. The molecule has 0 spiro atoms. The third-order valence-corrected chi connectivity index (χ3v) is 7.09. The molecule has 0 radical (unpaired) electrons. The van der Waals surface area contributed by atoms with Crippen LogP contribution >= 0.6 is 23.1 Å². The molecule has 0 aliphatic heterocycles. The molecule has 1 aromatic heterocycles. The highest BCUT2D eigenvalue weighted by atomic mass is 32.2. The summed E-state index contributed by atoms with van der Waals surface area (Å²) >= 11 is 3.18. The van der Waals surface area contributed by atoms with Gasteiger partial charge in [0.05, 0.1) is 25.0 Å². The number of nitrogens with zero attached hydrogens (tertiary/aromatic N) is 2. The minimum Gasteiger partial charge on any atom is -0.497 e. The molecule has 0 aliphatic carbocycles. The summed E-state index contributed by atoms with van der Waals surface area (Å²) in [6.45, 7) is 3.01. The molecule has 170 valence electrons. The zero-order valence-electron chi connectivity index (χ0n) is 18.7. The summed E-state index contributed by atoms with van der Waals surface area (Å²) < 4.78 is 12.0. The van der Waals surface area contributed by atoms with E-state index in [0.717, 1.165) is 32.2 Å². The fourth-order valence-corrected chi connectivity index (χ4v) is 5.23. The summed E-state index contributed by atoms with van der Waals surface area (Å²) in [4.78, 5) is 21.1. The van der Waals surface area contributed by atoms with Crippen molar-refractivity contribution in [1.29, 1.82) is 0 Å². The monoisotopic (exact) mass is 478 g/mol. The van der Waals surface area contributed by atoms with Crippen molar-refractivity contribution in [2.75, 3.05) is 24.4 Å². The molecule has 0 saturated carbocycles. The first-order valence-electron chi connectivity index (χ1n) is 10.8. The van der Waals surface area contributed by atoms with E-state index in [-0.39, 0.29) is 5.91 Å². The number of ether oxygens (including phenoxy) is 2. The van der Waals surface area contributed by atoms with Crippen LogP contribution in [-0.2, 0) is 11.3 Å². The van der Waals surface area contributed by atoms with Gasteiger partial charge in [0.25, 0.3) is 0 Å². The number of amides is 1. The highest BCUT2D eigenvalue weighted by Crippen LogP contribution is 2.35. The molecule has 0 bridgehead atoms. The molecule has 3 aromatic carbocycles. The predicted molar refractivity (Wildman–Crippen MR) is 137 cm³/mol. The number of anilines is 1. The Labute approximate surface area is 202 Å². The number of aromatic nitrogens is 1. The van der Waals surface area contributed by atoms with Crippen LogP contribution in [-0.4, -0.2) is 30.4 Å². The van der Waals surface area contributed by atoms with E-state index in [0.29, 0.717) is 30.5 Å². The average molecular weight is 479 g/mol. The third kappa shape index (κ3) is 5.86. The summed E-state index contributed by atoms with van der Waals surface area (Å²) in [5.41, 5.74) is 1.87. The van der Waals surface area contributed by atoms with E-state index in [9.17, 15) is 4.79 Å². The van der Waals surface area contributed by atoms with Gasteiger partial charge in [0.1, 0.15) is 17.0 Å². The molecule has 0 aliphatic rings. The van der Waals surface area contributed by atoms with Crippen molar-refractivity contribution in [3.05, 3.63) is 78.4 Å². The van der Waals surface area contributed by atoms with Crippen LogP contribution in [0.15, 0.2) is 77.7 Å². The van der Waals surface area contributed by atoms with Crippen LogP contribution in [0.1, 0.15) is 18.9 Å². The van der Waals surface area contributed by atoms with Crippen LogP contribution in [0.3, 0.4) is 0 Å². The van der Waals surface area contributed by atoms with Crippen LogP contribution in [0.2, 0.25) is 0 Å². The largest absolute Gasteiger partial charge is 0.497 e. The molecule has 1 heterocycles. The lowest BCUT2D eigenvalue weighted by molar-refractivity contribution is -0.118. The van der Waals surface area contributed by atoms with E-state index in [1.54, 1.807) is 23.8 Å². The maximum Gasteiger partial charge on any atom is 0.229 e. The highest BCUT2D eigenvalue weighted by molar-refractivity contribution is 7.99. The number of carbonyl (C=O) groups excluding carboxylic acids is 1. The molecule has 33 heavy (non-hydrogen) atoms. The van der Waals surface area contributed by atoms with Crippen LogP contribution < -0.4 is 14.4 Å². The number of rotatable bonds is 10. The minimum atomic E-state index is 0.0527. The van der Waals surface area contributed by atoms with E-state index in [4.69, 9.17) is 14.5 Å². The Morgan fingerprint density at radius 1 is 1.03 bits per heavy atom. The summed E-state index contributed by atoms with van der Waals surface area (Å²) in [6.07, 6.45) is 0.414. The number of thiazole rings is 1. The quantitative estimate of drug-likeness (QED) is 0.246. The van der Waals surface area contributed by atoms with Crippen molar-refractivity contribution in [3.8, 4) is 11.5 Å². The number of carbonyl (C=O) groups is 1. The van der Waals surface area contributed by atoms with Gasteiger partial charge in [-0.1, -0.05) is 47.7 Å². The maximum absolute atomic E-state index is 13.4.